The number of rotatable bonds is 2. The molecule has 0 bridgehead atoms. The van der Waals surface area contributed by atoms with E-state index in [0.717, 1.165) is 27.2 Å². The molecule has 110 valence electrons. The molecule has 4 aromatic rings. The molecule has 0 atom stereocenters. The summed E-state index contributed by atoms with van der Waals surface area (Å²) in [5.41, 5.74) is 1.93. The number of nitrogens with zero attached hydrogens (tertiary/aromatic N) is 2. The first-order chi connectivity index (χ1) is 11.2. The fraction of sp³-hybridized carbons (Fsp3) is 0. The van der Waals surface area contributed by atoms with Gasteiger partial charge in [0.1, 0.15) is 5.69 Å². The maximum absolute atomic E-state index is 11.5. The van der Waals surface area contributed by atoms with E-state index in [2.05, 4.69) is 4.98 Å². The molecular weight excluding hydrogens is 288 g/mol. The lowest BCUT2D eigenvalue weighted by atomic mass is 10.0. The van der Waals surface area contributed by atoms with E-state index in [1.807, 2.05) is 66.7 Å². The van der Waals surface area contributed by atoms with Gasteiger partial charge in [0.15, 0.2) is 0 Å². The van der Waals surface area contributed by atoms with Crippen LogP contribution in [0.4, 0.5) is 5.69 Å². The first kappa shape index (κ1) is 13.4. The van der Waals surface area contributed by atoms with Crippen LogP contribution in [0.3, 0.4) is 0 Å². The van der Waals surface area contributed by atoms with Crippen LogP contribution in [0.2, 0.25) is 0 Å². The predicted octanol–water partition coefficient (Wildman–Crippen LogP) is 4.96. The van der Waals surface area contributed by atoms with Crippen molar-refractivity contribution in [1.82, 2.24) is 4.98 Å². The quantitative estimate of drug-likeness (QED) is 0.388. The van der Waals surface area contributed by atoms with Gasteiger partial charge in [0.25, 0.3) is 5.69 Å². The van der Waals surface area contributed by atoms with Gasteiger partial charge in [-0.15, -0.1) is 0 Å². The molecule has 0 aliphatic heterocycles. The normalized spacial score (nSPS) is 11.0. The Morgan fingerprint density at radius 2 is 1.48 bits per heavy atom. The standard InChI is InChI=1S/C19H12N2O2/c22-21(23)18-12-15-7-3-4-8-17(15)20-19(18)16-10-9-13-5-1-2-6-14(13)11-16/h1-12H. The van der Waals surface area contributed by atoms with Gasteiger partial charge in [-0.3, -0.25) is 10.1 Å². The summed E-state index contributed by atoms with van der Waals surface area (Å²) in [5, 5.41) is 14.4. The third-order valence-electron chi connectivity index (χ3n) is 3.92. The number of hydrogen-bond acceptors (Lipinski definition) is 3. The fourth-order valence-electron chi connectivity index (χ4n) is 2.79. The third kappa shape index (κ3) is 2.30. The van der Waals surface area contributed by atoms with Crippen LogP contribution in [0.5, 0.6) is 0 Å². The zero-order valence-electron chi connectivity index (χ0n) is 12.1. The highest BCUT2D eigenvalue weighted by Crippen LogP contribution is 2.32. The second-order valence-corrected chi connectivity index (χ2v) is 5.37. The van der Waals surface area contributed by atoms with Crippen LogP contribution >= 0.6 is 0 Å². The molecule has 0 N–H and O–H groups in total. The molecule has 4 rings (SSSR count). The smallest absolute Gasteiger partial charge is 0.258 e. The molecule has 0 saturated carbocycles. The molecule has 1 aromatic heterocycles. The average molecular weight is 300 g/mol. The minimum Gasteiger partial charge on any atom is -0.258 e. The molecule has 0 fully saturated rings. The van der Waals surface area contributed by atoms with Crippen LogP contribution in [0.15, 0.2) is 72.8 Å². The van der Waals surface area contributed by atoms with Crippen LogP contribution in [-0.4, -0.2) is 9.91 Å². The fourth-order valence-corrected chi connectivity index (χ4v) is 2.79. The van der Waals surface area contributed by atoms with Crippen molar-refractivity contribution < 1.29 is 4.92 Å². The molecule has 4 nitrogen and oxygen atoms in total. The zero-order valence-corrected chi connectivity index (χ0v) is 12.1. The maximum Gasteiger partial charge on any atom is 0.296 e. The largest absolute Gasteiger partial charge is 0.296 e. The molecule has 0 saturated heterocycles. The number of para-hydroxylation sites is 1. The zero-order chi connectivity index (χ0) is 15.8. The van der Waals surface area contributed by atoms with Crippen molar-refractivity contribution in [2.45, 2.75) is 0 Å². The van der Waals surface area contributed by atoms with E-state index in [1.54, 1.807) is 6.07 Å². The summed E-state index contributed by atoms with van der Waals surface area (Å²) < 4.78 is 0. The highest BCUT2D eigenvalue weighted by Gasteiger charge is 2.18. The molecule has 0 aliphatic carbocycles. The summed E-state index contributed by atoms with van der Waals surface area (Å²) >= 11 is 0. The van der Waals surface area contributed by atoms with Gasteiger partial charge in [-0.05, 0) is 22.9 Å². The van der Waals surface area contributed by atoms with Crippen molar-refractivity contribution in [1.29, 1.82) is 0 Å². The number of fused-ring (bicyclic) bond motifs is 2. The van der Waals surface area contributed by atoms with Crippen LogP contribution < -0.4 is 0 Å². The molecule has 0 radical (unpaired) electrons. The lowest BCUT2D eigenvalue weighted by Gasteiger charge is -2.06. The van der Waals surface area contributed by atoms with E-state index in [4.69, 9.17) is 0 Å². The monoisotopic (exact) mass is 300 g/mol. The highest BCUT2D eigenvalue weighted by molar-refractivity contribution is 5.91. The van der Waals surface area contributed by atoms with E-state index in [-0.39, 0.29) is 10.6 Å². The van der Waals surface area contributed by atoms with Gasteiger partial charge in [0.2, 0.25) is 0 Å². The maximum atomic E-state index is 11.5. The second kappa shape index (κ2) is 5.18. The van der Waals surface area contributed by atoms with Gasteiger partial charge in [0, 0.05) is 17.0 Å². The summed E-state index contributed by atoms with van der Waals surface area (Å²) in [6, 6.07) is 22.7. The van der Waals surface area contributed by atoms with Crippen molar-refractivity contribution in [2.24, 2.45) is 0 Å². The SMILES string of the molecule is O=[N+]([O-])c1cc2ccccc2nc1-c1ccc2ccccc2c1. The van der Waals surface area contributed by atoms with Gasteiger partial charge in [-0.25, -0.2) is 4.98 Å². The Hall–Kier alpha value is -3.27. The summed E-state index contributed by atoms with van der Waals surface area (Å²) in [4.78, 5) is 15.6. The van der Waals surface area contributed by atoms with E-state index in [0.29, 0.717) is 5.69 Å². The van der Waals surface area contributed by atoms with Crippen molar-refractivity contribution in [3.8, 4) is 11.3 Å². The Morgan fingerprint density at radius 1 is 0.783 bits per heavy atom. The van der Waals surface area contributed by atoms with E-state index in [9.17, 15) is 10.1 Å². The van der Waals surface area contributed by atoms with Crippen LogP contribution in [0.1, 0.15) is 0 Å². The molecule has 0 unspecified atom stereocenters. The number of aromatic nitrogens is 1. The lowest BCUT2D eigenvalue weighted by Crippen LogP contribution is -1.95. The second-order valence-electron chi connectivity index (χ2n) is 5.37. The Labute approximate surface area is 132 Å². The van der Waals surface area contributed by atoms with Gasteiger partial charge < -0.3 is 0 Å². The summed E-state index contributed by atoms with van der Waals surface area (Å²) in [6.45, 7) is 0. The molecule has 0 aliphatic rings. The molecule has 0 spiro atoms. The molecule has 4 heteroatoms. The van der Waals surface area contributed by atoms with Crippen molar-refractivity contribution in [2.75, 3.05) is 0 Å². The van der Waals surface area contributed by atoms with Crippen LogP contribution in [0, 0.1) is 10.1 Å². The minimum absolute atomic E-state index is 0.0268. The van der Waals surface area contributed by atoms with Crippen LogP contribution in [-0.2, 0) is 0 Å². The first-order valence-corrected chi connectivity index (χ1v) is 7.26. The summed E-state index contributed by atoms with van der Waals surface area (Å²) in [6.07, 6.45) is 0. The number of nitro groups is 1. The summed E-state index contributed by atoms with van der Waals surface area (Å²) in [5.74, 6) is 0. The Balaban J connectivity index is 2.01. The number of benzene rings is 3. The topological polar surface area (TPSA) is 56.0 Å². The Kier molecular flexibility index (Phi) is 3.01. The lowest BCUT2D eigenvalue weighted by molar-refractivity contribution is -0.384. The van der Waals surface area contributed by atoms with Gasteiger partial charge in [-0.1, -0.05) is 54.6 Å². The Bertz CT molecular complexity index is 1060. The van der Waals surface area contributed by atoms with Crippen LogP contribution in [0.25, 0.3) is 32.9 Å². The molecular formula is C19H12N2O2. The van der Waals surface area contributed by atoms with E-state index >= 15 is 0 Å². The van der Waals surface area contributed by atoms with Gasteiger partial charge in [0.05, 0.1) is 10.4 Å². The first-order valence-electron chi connectivity index (χ1n) is 7.26. The van der Waals surface area contributed by atoms with E-state index < -0.39 is 0 Å². The van der Waals surface area contributed by atoms with Crippen molar-refractivity contribution in [3.05, 3.63) is 82.9 Å². The average Bonchev–Trinajstić information content (AvgIpc) is 2.60. The Morgan fingerprint density at radius 3 is 2.26 bits per heavy atom. The highest BCUT2D eigenvalue weighted by atomic mass is 16.6. The number of pyridine rings is 1. The van der Waals surface area contributed by atoms with Gasteiger partial charge in [-0.2, -0.15) is 0 Å². The third-order valence-corrected chi connectivity index (χ3v) is 3.92. The molecule has 1 heterocycles. The van der Waals surface area contributed by atoms with Gasteiger partial charge >= 0.3 is 0 Å². The predicted molar refractivity (Wildman–Crippen MR) is 91.3 cm³/mol. The number of hydrogen-bond donors (Lipinski definition) is 0. The molecule has 3 aromatic carbocycles. The molecule has 23 heavy (non-hydrogen) atoms. The van der Waals surface area contributed by atoms with Crippen molar-refractivity contribution in [3.63, 3.8) is 0 Å². The minimum atomic E-state index is -0.371. The molecule has 0 amide bonds. The van der Waals surface area contributed by atoms with E-state index in [1.165, 1.54) is 0 Å². The summed E-state index contributed by atoms with van der Waals surface area (Å²) in [7, 11) is 0. The van der Waals surface area contributed by atoms with Crippen molar-refractivity contribution >= 4 is 27.4 Å².